The van der Waals surface area contributed by atoms with Crippen LogP contribution in [0.2, 0.25) is 0 Å². The first kappa shape index (κ1) is 20.4. The lowest BCUT2D eigenvalue weighted by Gasteiger charge is -2.68. The molecule has 1 unspecified atom stereocenters. The number of rotatable bonds is 2. The van der Waals surface area contributed by atoms with Crippen molar-refractivity contribution < 1.29 is 19.1 Å². The first-order chi connectivity index (χ1) is 13.5. The summed E-state index contributed by atoms with van der Waals surface area (Å²) in [6.45, 7) is 11.3. The highest BCUT2D eigenvalue weighted by atomic mass is 16.5. The van der Waals surface area contributed by atoms with Crippen LogP contribution in [-0.2, 0) is 10.2 Å². The number of hydrogen-bond donors (Lipinski definition) is 0. The lowest BCUT2D eigenvalue weighted by atomic mass is 9.34. The van der Waals surface area contributed by atoms with Gasteiger partial charge >= 0.3 is 0 Å². The van der Waals surface area contributed by atoms with Gasteiger partial charge in [-0.15, -0.1) is 0 Å². The summed E-state index contributed by atoms with van der Waals surface area (Å²) in [5.41, 5.74) is 0.267. The maximum absolute atomic E-state index is 13.9. The first-order valence-electron chi connectivity index (χ1n) is 10.8. The summed E-state index contributed by atoms with van der Waals surface area (Å²) in [5, 5.41) is 0. The van der Waals surface area contributed by atoms with Gasteiger partial charge in [-0.05, 0) is 60.1 Å². The number of benzene rings is 1. The van der Waals surface area contributed by atoms with Crippen LogP contribution in [0.5, 0.6) is 11.5 Å². The maximum atomic E-state index is 13.9. The van der Waals surface area contributed by atoms with E-state index in [0.717, 1.165) is 31.2 Å². The smallest absolute Gasteiger partial charge is 0.229 e. The zero-order valence-corrected chi connectivity index (χ0v) is 18.9. The summed E-state index contributed by atoms with van der Waals surface area (Å²) in [7, 11) is 3.17. The molecule has 158 valence electrons. The van der Waals surface area contributed by atoms with Gasteiger partial charge < -0.3 is 9.47 Å². The second-order valence-electron chi connectivity index (χ2n) is 10.7. The van der Waals surface area contributed by atoms with Crippen molar-refractivity contribution in [1.82, 2.24) is 0 Å². The third-order valence-corrected chi connectivity index (χ3v) is 9.43. The van der Waals surface area contributed by atoms with Gasteiger partial charge in [0.25, 0.3) is 0 Å². The summed E-state index contributed by atoms with van der Waals surface area (Å²) < 4.78 is 11.0. The van der Waals surface area contributed by atoms with Crippen molar-refractivity contribution in [2.75, 3.05) is 14.2 Å². The summed E-state index contributed by atoms with van der Waals surface area (Å²) in [6.07, 6.45) is 5.25. The zero-order chi connectivity index (χ0) is 21.4. The Balaban J connectivity index is 2.00. The number of Topliss-reactive ketones (excluding diaryl/α,β-unsaturated/α-hetero) is 2. The SMILES string of the molecule is COc1cc2c(cc1OC)[C@]1(C)CCC3C(C)(C)CCC[C@]3(C)[C@@]1(C)C(=O)C2=O. The van der Waals surface area contributed by atoms with Crippen molar-refractivity contribution >= 4 is 11.6 Å². The molecule has 0 amide bonds. The van der Waals surface area contributed by atoms with Crippen LogP contribution >= 0.6 is 0 Å². The van der Waals surface area contributed by atoms with Crippen molar-refractivity contribution in [3.05, 3.63) is 23.3 Å². The minimum Gasteiger partial charge on any atom is -0.493 e. The molecular weight excluding hydrogens is 364 g/mol. The molecule has 0 spiro atoms. The van der Waals surface area contributed by atoms with E-state index in [4.69, 9.17) is 9.47 Å². The molecule has 4 rings (SSSR count). The van der Waals surface area contributed by atoms with E-state index in [0.29, 0.717) is 23.0 Å². The summed E-state index contributed by atoms with van der Waals surface area (Å²) in [4.78, 5) is 27.3. The van der Waals surface area contributed by atoms with Crippen LogP contribution in [0.25, 0.3) is 0 Å². The summed E-state index contributed by atoms with van der Waals surface area (Å²) in [6, 6.07) is 3.66. The van der Waals surface area contributed by atoms with E-state index >= 15 is 0 Å². The third-order valence-electron chi connectivity index (χ3n) is 9.43. The van der Waals surface area contributed by atoms with Crippen molar-refractivity contribution in [3.63, 3.8) is 0 Å². The first-order valence-corrected chi connectivity index (χ1v) is 10.8. The van der Waals surface area contributed by atoms with Gasteiger partial charge in [0.05, 0.1) is 14.2 Å². The molecule has 0 aromatic heterocycles. The second kappa shape index (κ2) is 6.09. The van der Waals surface area contributed by atoms with E-state index in [2.05, 4.69) is 34.6 Å². The van der Waals surface area contributed by atoms with E-state index in [1.54, 1.807) is 20.3 Å². The monoisotopic (exact) mass is 398 g/mol. The molecule has 4 nitrogen and oxygen atoms in total. The molecule has 1 aromatic carbocycles. The Bertz CT molecular complexity index is 900. The molecule has 0 saturated heterocycles. The summed E-state index contributed by atoms with van der Waals surface area (Å²) in [5.74, 6) is 0.961. The average Bonchev–Trinajstić information content (AvgIpc) is 2.68. The average molecular weight is 399 g/mol. The molecule has 0 heterocycles. The second-order valence-corrected chi connectivity index (χ2v) is 10.7. The van der Waals surface area contributed by atoms with Crippen LogP contribution < -0.4 is 9.47 Å². The standard InChI is InChI=1S/C25H34O4/c1-22(2)10-8-11-24(4)19(22)9-12-23(3)16-14-18(29-7)17(28-6)13-15(16)20(26)21(27)25(23,24)5/h13-14,19H,8-12H2,1-7H3/t19?,23-,24-,25-/m0/s1. The van der Waals surface area contributed by atoms with Gasteiger partial charge in [-0.2, -0.15) is 0 Å². The van der Waals surface area contributed by atoms with E-state index in [1.165, 1.54) is 6.42 Å². The Labute approximate surface area is 174 Å². The van der Waals surface area contributed by atoms with Gasteiger partial charge in [0, 0.05) is 16.4 Å². The molecule has 4 atom stereocenters. The van der Waals surface area contributed by atoms with Crippen LogP contribution in [0.1, 0.15) is 82.6 Å². The lowest BCUT2D eigenvalue weighted by molar-refractivity contribution is -0.174. The Morgan fingerprint density at radius 1 is 0.897 bits per heavy atom. The van der Waals surface area contributed by atoms with E-state index in [9.17, 15) is 9.59 Å². The molecule has 0 radical (unpaired) electrons. The minimum atomic E-state index is -0.732. The molecule has 3 aliphatic carbocycles. The predicted molar refractivity (Wildman–Crippen MR) is 113 cm³/mol. The number of methoxy groups -OCH3 is 2. The topological polar surface area (TPSA) is 52.6 Å². The van der Waals surface area contributed by atoms with Crippen LogP contribution in [0.3, 0.4) is 0 Å². The molecule has 29 heavy (non-hydrogen) atoms. The lowest BCUT2D eigenvalue weighted by Crippen LogP contribution is -2.68. The Morgan fingerprint density at radius 3 is 2.14 bits per heavy atom. The largest absolute Gasteiger partial charge is 0.493 e. The van der Waals surface area contributed by atoms with Crippen LogP contribution in [0.4, 0.5) is 0 Å². The highest BCUT2D eigenvalue weighted by Gasteiger charge is 2.71. The van der Waals surface area contributed by atoms with Crippen molar-refractivity contribution in [2.24, 2.45) is 22.2 Å². The minimum absolute atomic E-state index is 0.179. The van der Waals surface area contributed by atoms with Gasteiger partial charge in [-0.1, -0.05) is 41.0 Å². The number of ether oxygens (including phenoxy) is 2. The fraction of sp³-hybridized carbons (Fsp3) is 0.680. The highest BCUT2D eigenvalue weighted by molar-refractivity contribution is 6.47. The van der Waals surface area contributed by atoms with Crippen molar-refractivity contribution in [2.45, 2.75) is 72.1 Å². The Hall–Kier alpha value is -1.84. The molecule has 4 heteroatoms. The van der Waals surface area contributed by atoms with Gasteiger partial charge in [-0.25, -0.2) is 0 Å². The van der Waals surface area contributed by atoms with Crippen LogP contribution in [-0.4, -0.2) is 25.8 Å². The van der Waals surface area contributed by atoms with Crippen molar-refractivity contribution in [3.8, 4) is 11.5 Å². The Kier molecular flexibility index (Phi) is 4.29. The van der Waals surface area contributed by atoms with Gasteiger partial charge in [0.15, 0.2) is 11.5 Å². The van der Waals surface area contributed by atoms with Crippen LogP contribution in [0.15, 0.2) is 12.1 Å². The molecule has 0 bridgehead atoms. The number of hydrogen-bond acceptors (Lipinski definition) is 4. The zero-order valence-electron chi connectivity index (χ0n) is 18.9. The van der Waals surface area contributed by atoms with Gasteiger partial charge in [-0.3, -0.25) is 9.59 Å². The van der Waals surface area contributed by atoms with Crippen LogP contribution in [0, 0.1) is 22.2 Å². The molecule has 0 aliphatic heterocycles. The molecule has 1 aromatic rings. The molecule has 2 saturated carbocycles. The number of fused-ring (bicyclic) bond motifs is 5. The molecule has 2 fully saturated rings. The molecule has 0 N–H and O–H groups in total. The third kappa shape index (κ3) is 2.26. The quantitative estimate of drug-likeness (QED) is 0.629. The number of ketones is 2. The predicted octanol–water partition coefficient (Wildman–Crippen LogP) is 5.36. The van der Waals surface area contributed by atoms with E-state index in [1.807, 2.05) is 6.07 Å². The normalized spacial score (nSPS) is 38.0. The fourth-order valence-corrected chi connectivity index (χ4v) is 7.53. The maximum Gasteiger partial charge on any atom is 0.229 e. The van der Waals surface area contributed by atoms with Crippen molar-refractivity contribution in [1.29, 1.82) is 0 Å². The molecular formula is C25H34O4. The summed E-state index contributed by atoms with van der Waals surface area (Å²) >= 11 is 0. The molecule has 3 aliphatic rings. The fourth-order valence-electron chi connectivity index (χ4n) is 7.53. The Morgan fingerprint density at radius 2 is 1.52 bits per heavy atom. The van der Waals surface area contributed by atoms with E-state index in [-0.39, 0.29) is 22.4 Å². The van der Waals surface area contributed by atoms with Gasteiger partial charge in [0.2, 0.25) is 11.6 Å². The van der Waals surface area contributed by atoms with E-state index < -0.39 is 10.8 Å². The number of carbonyl (C=O) groups is 2. The highest BCUT2D eigenvalue weighted by Crippen LogP contribution is 2.71. The number of carbonyl (C=O) groups excluding carboxylic acids is 2. The van der Waals surface area contributed by atoms with Gasteiger partial charge in [0.1, 0.15) is 0 Å².